The summed E-state index contributed by atoms with van der Waals surface area (Å²) in [6, 6.07) is 6.86. The summed E-state index contributed by atoms with van der Waals surface area (Å²) in [6.07, 6.45) is 0. The van der Waals surface area contributed by atoms with Gasteiger partial charge in [-0.25, -0.2) is 9.37 Å². The highest BCUT2D eigenvalue weighted by Gasteiger charge is 2.06. The van der Waals surface area contributed by atoms with Gasteiger partial charge in [-0.1, -0.05) is 23.5 Å². The molecule has 6 heteroatoms. The van der Waals surface area contributed by atoms with Gasteiger partial charge >= 0.3 is 0 Å². The number of thioether (sulfide) groups is 2. The number of halogens is 1. The monoisotopic (exact) mass is 300 g/mol. The number of hydrogen-bond acceptors (Lipinski definition) is 5. The molecule has 0 unspecified atom stereocenters. The Labute approximate surface area is 118 Å². The molecule has 0 bridgehead atoms. The van der Waals surface area contributed by atoms with E-state index in [1.54, 1.807) is 23.9 Å². The lowest BCUT2D eigenvalue weighted by Crippen LogP contribution is -1.86. The standard InChI is InChI=1S/C12H13FN2S3/c1-8-11(18-12(14)15-8)17-7-6-16-10-5-3-2-4-9(10)13/h2-5H,6-7H2,1H3,(H2,14,15). The number of nitrogens with zero attached hydrogens (tertiary/aromatic N) is 1. The summed E-state index contributed by atoms with van der Waals surface area (Å²) >= 11 is 4.77. The van der Waals surface area contributed by atoms with Gasteiger partial charge in [0.05, 0.1) is 9.90 Å². The van der Waals surface area contributed by atoms with Gasteiger partial charge in [0.15, 0.2) is 5.13 Å². The van der Waals surface area contributed by atoms with Crippen LogP contribution in [0.5, 0.6) is 0 Å². The zero-order valence-electron chi connectivity index (χ0n) is 9.85. The average molecular weight is 300 g/mol. The van der Waals surface area contributed by atoms with Crippen LogP contribution in [0.4, 0.5) is 9.52 Å². The van der Waals surface area contributed by atoms with Gasteiger partial charge in [-0.15, -0.1) is 23.5 Å². The Morgan fingerprint density at radius 2 is 2.00 bits per heavy atom. The first kappa shape index (κ1) is 13.7. The molecule has 0 spiro atoms. The summed E-state index contributed by atoms with van der Waals surface area (Å²) in [5.41, 5.74) is 6.62. The van der Waals surface area contributed by atoms with Crippen LogP contribution in [0.15, 0.2) is 33.4 Å². The quantitative estimate of drug-likeness (QED) is 0.667. The minimum atomic E-state index is -0.147. The molecule has 96 valence electrons. The fourth-order valence-corrected chi connectivity index (χ4v) is 4.40. The van der Waals surface area contributed by atoms with Crippen LogP contribution in [0.25, 0.3) is 0 Å². The largest absolute Gasteiger partial charge is 0.375 e. The molecule has 2 rings (SSSR count). The Bertz CT molecular complexity index is 528. The van der Waals surface area contributed by atoms with E-state index in [1.165, 1.54) is 29.2 Å². The van der Waals surface area contributed by atoms with Crippen LogP contribution in [-0.2, 0) is 0 Å². The van der Waals surface area contributed by atoms with E-state index in [0.29, 0.717) is 10.0 Å². The van der Waals surface area contributed by atoms with Crippen LogP contribution in [0.2, 0.25) is 0 Å². The Kier molecular flexibility index (Phi) is 4.91. The summed E-state index contributed by atoms with van der Waals surface area (Å²) in [5.74, 6) is 1.63. The second kappa shape index (κ2) is 6.45. The fourth-order valence-electron chi connectivity index (χ4n) is 1.38. The van der Waals surface area contributed by atoms with Crippen molar-refractivity contribution >= 4 is 40.0 Å². The maximum Gasteiger partial charge on any atom is 0.181 e. The molecule has 0 fully saturated rings. The van der Waals surface area contributed by atoms with Crippen LogP contribution in [0.1, 0.15) is 5.69 Å². The highest BCUT2D eigenvalue weighted by atomic mass is 32.2. The number of aryl methyl sites for hydroxylation is 1. The molecule has 0 saturated heterocycles. The highest BCUT2D eigenvalue weighted by molar-refractivity contribution is 8.04. The van der Waals surface area contributed by atoms with Crippen molar-refractivity contribution < 1.29 is 4.39 Å². The zero-order chi connectivity index (χ0) is 13.0. The second-order valence-electron chi connectivity index (χ2n) is 3.55. The zero-order valence-corrected chi connectivity index (χ0v) is 12.3. The first-order valence-electron chi connectivity index (χ1n) is 5.40. The van der Waals surface area contributed by atoms with Crippen molar-refractivity contribution in [3.8, 4) is 0 Å². The molecule has 2 aromatic rings. The normalized spacial score (nSPS) is 10.8. The highest BCUT2D eigenvalue weighted by Crippen LogP contribution is 2.31. The average Bonchev–Trinajstić information content (AvgIpc) is 2.65. The van der Waals surface area contributed by atoms with Crippen molar-refractivity contribution in [1.82, 2.24) is 4.98 Å². The van der Waals surface area contributed by atoms with Crippen molar-refractivity contribution in [2.75, 3.05) is 17.2 Å². The smallest absolute Gasteiger partial charge is 0.181 e. The van der Waals surface area contributed by atoms with E-state index < -0.39 is 0 Å². The Hall–Kier alpha value is -0.720. The third-order valence-electron chi connectivity index (χ3n) is 2.18. The molecular formula is C12H13FN2S3. The Balaban J connectivity index is 1.80. The van der Waals surface area contributed by atoms with Crippen LogP contribution in [-0.4, -0.2) is 16.5 Å². The lowest BCUT2D eigenvalue weighted by Gasteiger charge is -2.02. The molecule has 1 aromatic carbocycles. The van der Waals surface area contributed by atoms with E-state index in [-0.39, 0.29) is 5.82 Å². The SMILES string of the molecule is Cc1nc(N)sc1SCCSc1ccccc1F. The lowest BCUT2D eigenvalue weighted by atomic mass is 10.3. The van der Waals surface area contributed by atoms with E-state index in [1.807, 2.05) is 13.0 Å². The molecule has 2 nitrogen and oxygen atoms in total. The van der Waals surface area contributed by atoms with Crippen molar-refractivity contribution in [1.29, 1.82) is 0 Å². The molecule has 1 heterocycles. The van der Waals surface area contributed by atoms with Crippen molar-refractivity contribution in [3.63, 3.8) is 0 Å². The number of benzene rings is 1. The molecule has 0 radical (unpaired) electrons. The fraction of sp³-hybridized carbons (Fsp3) is 0.250. The van der Waals surface area contributed by atoms with E-state index in [9.17, 15) is 4.39 Å². The van der Waals surface area contributed by atoms with E-state index >= 15 is 0 Å². The van der Waals surface area contributed by atoms with Gasteiger partial charge in [0, 0.05) is 16.4 Å². The maximum atomic E-state index is 13.4. The van der Waals surface area contributed by atoms with Gasteiger partial charge in [-0.3, -0.25) is 0 Å². The van der Waals surface area contributed by atoms with Crippen molar-refractivity contribution in [2.24, 2.45) is 0 Å². The molecule has 0 aliphatic carbocycles. The number of nitrogens with two attached hydrogens (primary N) is 1. The van der Waals surface area contributed by atoms with Gasteiger partial charge in [0.2, 0.25) is 0 Å². The van der Waals surface area contributed by atoms with Crippen LogP contribution in [0.3, 0.4) is 0 Å². The van der Waals surface area contributed by atoms with E-state index in [4.69, 9.17) is 5.73 Å². The first-order valence-corrected chi connectivity index (χ1v) is 8.18. The molecular weight excluding hydrogens is 287 g/mol. The van der Waals surface area contributed by atoms with Crippen LogP contribution in [0, 0.1) is 12.7 Å². The van der Waals surface area contributed by atoms with Gasteiger partial charge in [0.25, 0.3) is 0 Å². The van der Waals surface area contributed by atoms with Gasteiger partial charge < -0.3 is 5.73 Å². The molecule has 2 N–H and O–H groups in total. The summed E-state index contributed by atoms with van der Waals surface area (Å²) in [6.45, 7) is 1.96. The number of anilines is 1. The predicted molar refractivity (Wildman–Crippen MR) is 79.1 cm³/mol. The van der Waals surface area contributed by atoms with Gasteiger partial charge in [0.1, 0.15) is 5.82 Å². The van der Waals surface area contributed by atoms with Crippen molar-refractivity contribution in [2.45, 2.75) is 16.0 Å². The predicted octanol–water partition coefficient (Wildman–Crippen LogP) is 4.06. The van der Waals surface area contributed by atoms with Crippen LogP contribution >= 0.6 is 34.9 Å². The number of hydrogen-bond donors (Lipinski definition) is 1. The number of nitrogen functional groups attached to an aromatic ring is 1. The first-order chi connectivity index (χ1) is 8.66. The molecule has 0 aliphatic heterocycles. The van der Waals surface area contributed by atoms with E-state index in [0.717, 1.165) is 21.4 Å². The second-order valence-corrected chi connectivity index (χ2v) is 7.08. The number of aromatic nitrogens is 1. The van der Waals surface area contributed by atoms with Crippen LogP contribution < -0.4 is 5.73 Å². The Morgan fingerprint density at radius 1 is 1.28 bits per heavy atom. The molecule has 1 aromatic heterocycles. The van der Waals surface area contributed by atoms with Gasteiger partial charge in [-0.2, -0.15) is 0 Å². The molecule has 0 amide bonds. The summed E-state index contributed by atoms with van der Waals surface area (Å²) in [4.78, 5) is 4.88. The molecule has 0 aliphatic rings. The minimum absolute atomic E-state index is 0.147. The molecule has 0 saturated carbocycles. The third kappa shape index (κ3) is 3.63. The van der Waals surface area contributed by atoms with E-state index in [2.05, 4.69) is 4.98 Å². The van der Waals surface area contributed by atoms with Gasteiger partial charge in [-0.05, 0) is 19.1 Å². The lowest BCUT2D eigenvalue weighted by molar-refractivity contribution is 0.602. The number of thiazole rings is 1. The molecule has 18 heavy (non-hydrogen) atoms. The summed E-state index contributed by atoms with van der Waals surface area (Å²) in [7, 11) is 0. The topological polar surface area (TPSA) is 38.9 Å². The maximum absolute atomic E-state index is 13.4. The number of rotatable bonds is 5. The third-order valence-corrected chi connectivity index (χ3v) is 5.84. The summed E-state index contributed by atoms with van der Waals surface area (Å²) < 4.78 is 14.5. The minimum Gasteiger partial charge on any atom is -0.375 e. The van der Waals surface area contributed by atoms with Crippen molar-refractivity contribution in [3.05, 3.63) is 35.8 Å². The summed E-state index contributed by atoms with van der Waals surface area (Å²) in [5, 5.41) is 0.608. The molecule has 0 atom stereocenters. The Morgan fingerprint density at radius 3 is 2.67 bits per heavy atom.